The molecule has 5 nitrogen and oxygen atoms in total. The lowest BCUT2D eigenvalue weighted by Crippen LogP contribution is -2.31. The van der Waals surface area contributed by atoms with E-state index >= 15 is 0 Å². The summed E-state index contributed by atoms with van der Waals surface area (Å²) in [5.41, 5.74) is 0.0275. The van der Waals surface area contributed by atoms with Gasteiger partial charge in [-0.1, -0.05) is 12.1 Å². The summed E-state index contributed by atoms with van der Waals surface area (Å²) in [6.07, 6.45) is -1.62. The fourth-order valence-corrected chi connectivity index (χ4v) is 4.11. The van der Waals surface area contributed by atoms with Gasteiger partial charge in [0, 0.05) is 24.2 Å². The van der Waals surface area contributed by atoms with Gasteiger partial charge in [-0.2, -0.15) is 18.3 Å². The number of halogens is 4. The number of likely N-dealkylation sites (tertiary alicyclic amines) is 1. The van der Waals surface area contributed by atoms with E-state index in [0.29, 0.717) is 28.7 Å². The standard InChI is InChI=1S/C21H18F4N4O/c22-14-4-1-3-13(9-14)17-5-2-8-28(17)20(30)16-11-19-26-15(12-6-7-12)10-18(21(23,24)25)29(19)27-16/h1,3-4,9-12,17H,2,5-8H2/t17-/m1/s1. The van der Waals surface area contributed by atoms with Crippen LogP contribution in [0.5, 0.6) is 0 Å². The smallest absolute Gasteiger partial charge is 0.330 e. The Bertz CT molecular complexity index is 1140. The molecule has 30 heavy (non-hydrogen) atoms. The maximum Gasteiger partial charge on any atom is 0.433 e. The van der Waals surface area contributed by atoms with E-state index in [0.717, 1.165) is 25.3 Å². The third-order valence-electron chi connectivity index (χ3n) is 5.70. The summed E-state index contributed by atoms with van der Waals surface area (Å²) >= 11 is 0. The van der Waals surface area contributed by atoms with Gasteiger partial charge in [0.2, 0.25) is 0 Å². The highest BCUT2D eigenvalue weighted by Crippen LogP contribution is 2.41. The molecule has 156 valence electrons. The van der Waals surface area contributed by atoms with Crippen molar-refractivity contribution in [2.45, 2.75) is 43.8 Å². The fourth-order valence-electron chi connectivity index (χ4n) is 4.11. The molecule has 0 spiro atoms. The van der Waals surface area contributed by atoms with Gasteiger partial charge in [-0.3, -0.25) is 4.79 Å². The zero-order valence-corrected chi connectivity index (χ0v) is 15.9. The topological polar surface area (TPSA) is 50.5 Å². The highest BCUT2D eigenvalue weighted by Gasteiger charge is 2.38. The van der Waals surface area contributed by atoms with Gasteiger partial charge in [0.15, 0.2) is 11.3 Å². The van der Waals surface area contributed by atoms with Crippen molar-refractivity contribution in [3.05, 3.63) is 64.9 Å². The molecule has 1 saturated heterocycles. The Hall–Kier alpha value is -2.97. The second kappa shape index (κ2) is 6.78. The normalized spacial score (nSPS) is 19.6. The Labute approximate surface area is 169 Å². The number of aromatic nitrogens is 3. The SMILES string of the molecule is O=C(c1cc2nc(C3CC3)cc(C(F)(F)F)n2n1)N1CCC[C@@H]1c1cccc(F)c1. The van der Waals surface area contributed by atoms with Gasteiger partial charge in [0.1, 0.15) is 11.5 Å². The number of hydrogen-bond acceptors (Lipinski definition) is 3. The van der Waals surface area contributed by atoms with Crippen LogP contribution in [0.15, 0.2) is 36.4 Å². The lowest BCUT2D eigenvalue weighted by atomic mass is 10.0. The lowest BCUT2D eigenvalue weighted by molar-refractivity contribution is -0.142. The summed E-state index contributed by atoms with van der Waals surface area (Å²) in [6, 6.07) is 8.03. The average Bonchev–Trinajstić information content (AvgIpc) is 3.27. The Morgan fingerprint density at radius 2 is 1.90 bits per heavy atom. The molecule has 0 N–H and O–H groups in total. The van der Waals surface area contributed by atoms with E-state index in [1.165, 1.54) is 18.2 Å². The Kier molecular flexibility index (Phi) is 4.30. The fraction of sp³-hybridized carbons (Fsp3) is 0.381. The van der Waals surface area contributed by atoms with Crippen molar-refractivity contribution in [3.8, 4) is 0 Å². The zero-order chi connectivity index (χ0) is 21.0. The van der Waals surface area contributed by atoms with Crippen molar-refractivity contribution >= 4 is 11.6 Å². The van der Waals surface area contributed by atoms with Crippen molar-refractivity contribution in [1.82, 2.24) is 19.5 Å². The number of fused-ring (bicyclic) bond motifs is 1. The van der Waals surface area contributed by atoms with Crippen LogP contribution in [-0.2, 0) is 6.18 Å². The van der Waals surface area contributed by atoms with Gasteiger partial charge in [-0.05, 0) is 49.4 Å². The predicted molar refractivity (Wildman–Crippen MR) is 99.4 cm³/mol. The average molecular weight is 418 g/mol. The predicted octanol–water partition coefficient (Wildman–Crippen LogP) is 4.74. The van der Waals surface area contributed by atoms with Gasteiger partial charge < -0.3 is 4.90 Å². The number of rotatable bonds is 3. The second-order valence-electron chi connectivity index (χ2n) is 7.85. The third-order valence-corrected chi connectivity index (χ3v) is 5.70. The molecule has 1 aliphatic carbocycles. The van der Waals surface area contributed by atoms with Crippen LogP contribution in [0, 0.1) is 5.82 Å². The Morgan fingerprint density at radius 3 is 2.60 bits per heavy atom. The summed E-state index contributed by atoms with van der Waals surface area (Å²) in [5, 5.41) is 3.96. The van der Waals surface area contributed by atoms with Crippen LogP contribution in [0.3, 0.4) is 0 Å². The number of hydrogen-bond donors (Lipinski definition) is 0. The first kappa shape index (κ1) is 19.0. The molecule has 1 atom stereocenters. The van der Waals surface area contributed by atoms with Crippen LogP contribution >= 0.6 is 0 Å². The van der Waals surface area contributed by atoms with Gasteiger partial charge in [-0.15, -0.1) is 0 Å². The summed E-state index contributed by atoms with van der Waals surface area (Å²) < 4.78 is 55.1. The quantitative estimate of drug-likeness (QED) is 0.578. The van der Waals surface area contributed by atoms with E-state index in [9.17, 15) is 22.4 Å². The van der Waals surface area contributed by atoms with Crippen LogP contribution in [0.4, 0.5) is 17.6 Å². The maximum absolute atomic E-state index is 13.6. The molecule has 3 heterocycles. The van der Waals surface area contributed by atoms with Crippen molar-refractivity contribution in [1.29, 1.82) is 0 Å². The summed E-state index contributed by atoms with van der Waals surface area (Å²) in [7, 11) is 0. The first-order chi connectivity index (χ1) is 14.3. The molecular weight excluding hydrogens is 400 g/mol. The van der Waals surface area contributed by atoms with Gasteiger partial charge >= 0.3 is 6.18 Å². The summed E-state index contributed by atoms with van der Waals surface area (Å²) in [6.45, 7) is 0.431. The van der Waals surface area contributed by atoms with E-state index in [2.05, 4.69) is 10.1 Å². The second-order valence-corrected chi connectivity index (χ2v) is 7.85. The third kappa shape index (κ3) is 3.32. The van der Waals surface area contributed by atoms with E-state index in [4.69, 9.17) is 0 Å². The van der Waals surface area contributed by atoms with E-state index in [1.807, 2.05) is 0 Å². The van der Waals surface area contributed by atoms with Crippen molar-refractivity contribution in [3.63, 3.8) is 0 Å². The van der Waals surface area contributed by atoms with Crippen LogP contribution in [0.2, 0.25) is 0 Å². The number of alkyl halides is 3. The molecule has 1 aliphatic heterocycles. The highest BCUT2D eigenvalue weighted by molar-refractivity contribution is 5.93. The lowest BCUT2D eigenvalue weighted by Gasteiger charge is -2.24. The molecule has 2 aromatic heterocycles. The van der Waals surface area contributed by atoms with Gasteiger partial charge in [0.25, 0.3) is 5.91 Å². The molecule has 1 aromatic carbocycles. The van der Waals surface area contributed by atoms with Crippen LogP contribution in [-0.4, -0.2) is 31.9 Å². The minimum absolute atomic E-state index is 0.0107. The molecule has 2 aliphatic rings. The van der Waals surface area contributed by atoms with E-state index in [-0.39, 0.29) is 23.3 Å². The van der Waals surface area contributed by atoms with Gasteiger partial charge in [0.05, 0.1) is 6.04 Å². The van der Waals surface area contributed by atoms with Crippen LogP contribution < -0.4 is 0 Å². The Morgan fingerprint density at radius 1 is 1.10 bits per heavy atom. The molecular formula is C21H18F4N4O. The van der Waals surface area contributed by atoms with Crippen molar-refractivity contribution < 1.29 is 22.4 Å². The highest BCUT2D eigenvalue weighted by atomic mass is 19.4. The van der Waals surface area contributed by atoms with Crippen LogP contribution in [0.1, 0.15) is 65.1 Å². The van der Waals surface area contributed by atoms with Crippen LogP contribution in [0.25, 0.3) is 5.65 Å². The minimum atomic E-state index is -4.62. The molecule has 1 amide bonds. The largest absolute Gasteiger partial charge is 0.433 e. The molecule has 5 rings (SSSR count). The Balaban J connectivity index is 1.53. The molecule has 2 fully saturated rings. The molecule has 3 aromatic rings. The van der Waals surface area contributed by atoms with E-state index < -0.39 is 23.6 Å². The molecule has 1 saturated carbocycles. The van der Waals surface area contributed by atoms with Crippen molar-refractivity contribution in [2.24, 2.45) is 0 Å². The first-order valence-corrected chi connectivity index (χ1v) is 9.85. The van der Waals surface area contributed by atoms with Gasteiger partial charge in [-0.25, -0.2) is 13.9 Å². The first-order valence-electron chi connectivity index (χ1n) is 9.85. The monoisotopic (exact) mass is 418 g/mol. The zero-order valence-electron chi connectivity index (χ0n) is 15.9. The molecule has 9 heteroatoms. The van der Waals surface area contributed by atoms with E-state index in [1.54, 1.807) is 17.0 Å². The van der Waals surface area contributed by atoms with Crippen molar-refractivity contribution in [2.75, 3.05) is 6.54 Å². The number of nitrogens with zero attached hydrogens (tertiary/aromatic N) is 4. The number of benzene rings is 1. The number of carbonyl (C=O) groups excluding carboxylic acids is 1. The number of amides is 1. The summed E-state index contributed by atoms with van der Waals surface area (Å²) in [5.74, 6) is -0.847. The molecule has 0 bridgehead atoms. The molecule has 0 radical (unpaired) electrons. The summed E-state index contributed by atoms with van der Waals surface area (Å²) in [4.78, 5) is 19.0. The molecule has 0 unspecified atom stereocenters. The number of carbonyl (C=O) groups is 1. The maximum atomic E-state index is 13.6. The minimum Gasteiger partial charge on any atom is -0.330 e.